The van der Waals surface area contributed by atoms with E-state index in [4.69, 9.17) is 11.6 Å². The first kappa shape index (κ1) is 23.5. The molecule has 1 fully saturated rings. The number of fused-ring (bicyclic) bond motifs is 2. The van der Waals surface area contributed by atoms with Gasteiger partial charge in [-0.3, -0.25) is 14.4 Å². The lowest BCUT2D eigenvalue weighted by atomic mass is 10.1. The molecule has 0 aliphatic carbocycles. The molecule has 1 N–H and O–H groups in total. The van der Waals surface area contributed by atoms with E-state index < -0.39 is 5.92 Å². The van der Waals surface area contributed by atoms with Crippen molar-refractivity contribution < 1.29 is 14.4 Å². The maximum Gasteiger partial charge on any atom is 0.259 e. The van der Waals surface area contributed by atoms with Gasteiger partial charge < -0.3 is 15.1 Å². The number of hydrogen-bond donors (Lipinski definition) is 1. The van der Waals surface area contributed by atoms with Gasteiger partial charge in [-0.15, -0.1) is 0 Å². The van der Waals surface area contributed by atoms with Gasteiger partial charge in [0.1, 0.15) is 0 Å². The smallest absolute Gasteiger partial charge is 0.259 e. The summed E-state index contributed by atoms with van der Waals surface area (Å²) in [6, 6.07) is 20.3. The minimum Gasteiger partial charge on any atom is -0.326 e. The third-order valence-corrected chi connectivity index (χ3v) is 7.52. The summed E-state index contributed by atoms with van der Waals surface area (Å²) in [4.78, 5) is 44.1. The van der Waals surface area contributed by atoms with Gasteiger partial charge in [0, 0.05) is 45.7 Å². The van der Waals surface area contributed by atoms with Gasteiger partial charge >= 0.3 is 0 Å². The molecule has 0 aromatic heterocycles. The Morgan fingerprint density at radius 3 is 2.69 bits per heavy atom. The number of benzene rings is 3. The molecule has 8 heteroatoms. The normalized spacial score (nSPS) is 17.1. The highest BCUT2D eigenvalue weighted by Crippen LogP contribution is 2.42. The first-order valence-corrected chi connectivity index (χ1v) is 12.7. The van der Waals surface area contributed by atoms with Crippen LogP contribution >= 0.6 is 23.4 Å². The van der Waals surface area contributed by atoms with Crippen LogP contribution in [0.4, 0.5) is 17.1 Å². The second-order valence-corrected chi connectivity index (χ2v) is 10.1. The molecule has 0 unspecified atom stereocenters. The Labute approximate surface area is 213 Å². The highest BCUT2D eigenvalue weighted by molar-refractivity contribution is 7.99. The zero-order valence-corrected chi connectivity index (χ0v) is 20.7. The van der Waals surface area contributed by atoms with Gasteiger partial charge in [0.2, 0.25) is 11.8 Å². The number of halogens is 1. The quantitative estimate of drug-likeness (QED) is 0.472. The summed E-state index contributed by atoms with van der Waals surface area (Å²) in [6.07, 6.45) is 0.972. The number of amides is 3. The summed E-state index contributed by atoms with van der Waals surface area (Å²) in [5.41, 5.74) is 2.84. The zero-order valence-electron chi connectivity index (χ0n) is 19.2. The van der Waals surface area contributed by atoms with Crippen molar-refractivity contribution >= 4 is 58.1 Å². The van der Waals surface area contributed by atoms with Crippen molar-refractivity contribution in [1.29, 1.82) is 0 Å². The zero-order chi connectivity index (χ0) is 24.5. The average molecular weight is 506 g/mol. The van der Waals surface area contributed by atoms with Crippen LogP contribution < -0.4 is 15.1 Å². The first-order valence-electron chi connectivity index (χ1n) is 11.5. The number of nitrogens with one attached hydrogen (secondary N) is 1. The molecule has 2 aliphatic heterocycles. The van der Waals surface area contributed by atoms with E-state index in [0.29, 0.717) is 35.1 Å². The number of nitrogens with zero attached hydrogens (tertiary/aromatic N) is 2. The minimum atomic E-state index is -0.466. The Morgan fingerprint density at radius 2 is 1.89 bits per heavy atom. The van der Waals surface area contributed by atoms with Crippen molar-refractivity contribution in [1.82, 2.24) is 0 Å². The fourth-order valence-electron chi connectivity index (χ4n) is 4.47. The molecule has 35 heavy (non-hydrogen) atoms. The molecule has 2 aliphatic rings. The molecule has 0 spiro atoms. The Morgan fingerprint density at radius 1 is 1.06 bits per heavy atom. The average Bonchev–Trinajstić information content (AvgIpc) is 3.20. The molecule has 178 valence electrons. The largest absolute Gasteiger partial charge is 0.326 e. The summed E-state index contributed by atoms with van der Waals surface area (Å²) < 4.78 is 0. The minimum absolute atomic E-state index is 0.0175. The molecule has 0 bridgehead atoms. The van der Waals surface area contributed by atoms with E-state index in [1.807, 2.05) is 55.5 Å². The lowest BCUT2D eigenvalue weighted by Crippen LogP contribution is -2.31. The first-order chi connectivity index (χ1) is 16.9. The predicted molar refractivity (Wildman–Crippen MR) is 140 cm³/mol. The van der Waals surface area contributed by atoms with E-state index in [-0.39, 0.29) is 24.1 Å². The van der Waals surface area contributed by atoms with Crippen LogP contribution in [0.25, 0.3) is 0 Å². The molecule has 6 nitrogen and oxygen atoms in total. The van der Waals surface area contributed by atoms with Gasteiger partial charge in [0.25, 0.3) is 5.91 Å². The monoisotopic (exact) mass is 505 g/mol. The summed E-state index contributed by atoms with van der Waals surface area (Å²) in [6.45, 7) is 2.95. The van der Waals surface area contributed by atoms with Crippen LogP contribution in [0.5, 0.6) is 0 Å². The summed E-state index contributed by atoms with van der Waals surface area (Å²) >= 11 is 7.59. The summed E-state index contributed by atoms with van der Waals surface area (Å²) in [5.74, 6) is -0.790. The summed E-state index contributed by atoms with van der Waals surface area (Å²) in [5, 5.41) is 3.52. The second-order valence-electron chi connectivity index (χ2n) is 8.61. The van der Waals surface area contributed by atoms with E-state index in [9.17, 15) is 14.4 Å². The van der Waals surface area contributed by atoms with E-state index in [1.54, 1.807) is 28.0 Å². The Bertz CT molecular complexity index is 1330. The fraction of sp³-hybridized carbons (Fsp3) is 0.222. The molecule has 5 rings (SSSR count). The van der Waals surface area contributed by atoms with Crippen LogP contribution in [-0.4, -0.2) is 30.8 Å². The second kappa shape index (κ2) is 9.76. The Hall–Kier alpha value is -3.29. The molecular formula is C27H24ClN3O3S. The van der Waals surface area contributed by atoms with E-state index in [1.165, 1.54) is 11.8 Å². The van der Waals surface area contributed by atoms with Gasteiger partial charge in [0.05, 0.1) is 17.2 Å². The fourth-order valence-corrected chi connectivity index (χ4v) is 5.77. The lowest BCUT2D eigenvalue weighted by Gasteiger charge is -2.23. The van der Waals surface area contributed by atoms with E-state index in [0.717, 1.165) is 21.9 Å². The number of anilines is 3. The van der Waals surface area contributed by atoms with Gasteiger partial charge in [-0.2, -0.15) is 0 Å². The van der Waals surface area contributed by atoms with Crippen molar-refractivity contribution in [3.63, 3.8) is 0 Å². The van der Waals surface area contributed by atoms with Crippen molar-refractivity contribution in [3.8, 4) is 0 Å². The molecule has 3 aromatic carbocycles. The van der Waals surface area contributed by atoms with Crippen LogP contribution in [-0.2, 0) is 9.59 Å². The molecule has 2 heterocycles. The Kier molecular flexibility index (Phi) is 6.54. The highest BCUT2D eigenvalue weighted by Gasteiger charge is 2.35. The molecule has 3 aromatic rings. The molecule has 3 amide bonds. The van der Waals surface area contributed by atoms with Crippen molar-refractivity contribution in [2.24, 2.45) is 5.92 Å². The maximum atomic E-state index is 13.2. The third-order valence-electron chi connectivity index (χ3n) is 6.16. The number of rotatable bonds is 5. The van der Waals surface area contributed by atoms with Crippen molar-refractivity contribution in [2.75, 3.05) is 28.2 Å². The van der Waals surface area contributed by atoms with Crippen LogP contribution in [0, 0.1) is 5.92 Å². The standard InChI is InChI=1S/C27H24ClN3O3S/c1-2-12-30-22-11-10-19(15-24(22)35-23-9-4-3-8-21(23)27(30)34)29-26(33)17-13-25(32)31(16-17)20-7-5-6-18(28)14-20/h3-11,14-15,17H,2,12-13,16H2,1H3,(H,29,33)/t17-/m1/s1. The SMILES string of the molecule is CCCN1C(=O)c2ccccc2Sc2cc(NC(=O)[C@@H]3CC(=O)N(c4cccc(Cl)c4)C3)ccc21. The number of hydrogen-bond acceptors (Lipinski definition) is 4. The van der Waals surface area contributed by atoms with Gasteiger partial charge in [-0.05, 0) is 55.0 Å². The Balaban J connectivity index is 1.37. The molecule has 0 saturated carbocycles. The van der Waals surface area contributed by atoms with Crippen LogP contribution in [0.1, 0.15) is 30.1 Å². The van der Waals surface area contributed by atoms with Crippen molar-refractivity contribution in [2.45, 2.75) is 29.6 Å². The third kappa shape index (κ3) is 4.66. The predicted octanol–water partition coefficient (Wildman–Crippen LogP) is 5.85. The summed E-state index contributed by atoms with van der Waals surface area (Å²) in [7, 11) is 0. The topological polar surface area (TPSA) is 69.7 Å². The molecule has 1 saturated heterocycles. The molecule has 0 radical (unpaired) electrons. The van der Waals surface area contributed by atoms with Gasteiger partial charge in [0.15, 0.2) is 0 Å². The van der Waals surface area contributed by atoms with E-state index in [2.05, 4.69) is 5.32 Å². The van der Waals surface area contributed by atoms with Crippen LogP contribution in [0.2, 0.25) is 5.02 Å². The van der Waals surface area contributed by atoms with Gasteiger partial charge in [-0.25, -0.2) is 0 Å². The molecule has 1 atom stereocenters. The highest BCUT2D eigenvalue weighted by atomic mass is 35.5. The van der Waals surface area contributed by atoms with Crippen LogP contribution in [0.3, 0.4) is 0 Å². The van der Waals surface area contributed by atoms with Crippen molar-refractivity contribution in [3.05, 3.63) is 77.3 Å². The van der Waals surface area contributed by atoms with E-state index >= 15 is 0 Å². The number of carbonyl (C=O) groups excluding carboxylic acids is 3. The lowest BCUT2D eigenvalue weighted by molar-refractivity contribution is -0.122. The number of carbonyl (C=O) groups is 3. The van der Waals surface area contributed by atoms with Crippen LogP contribution in [0.15, 0.2) is 76.5 Å². The maximum absolute atomic E-state index is 13.2. The molecular weight excluding hydrogens is 482 g/mol. The van der Waals surface area contributed by atoms with Gasteiger partial charge in [-0.1, -0.05) is 48.5 Å².